The fraction of sp³-hybridized carbons (Fsp3) is 0.579. The third-order valence-electron chi connectivity index (χ3n) is 4.36. The van der Waals surface area contributed by atoms with E-state index in [0.717, 1.165) is 18.1 Å². The van der Waals surface area contributed by atoms with Crippen LogP contribution in [0.25, 0.3) is 0 Å². The Hall–Kier alpha value is -2.30. The lowest BCUT2D eigenvalue weighted by Gasteiger charge is -2.30. The topological polar surface area (TPSA) is 102 Å². The van der Waals surface area contributed by atoms with E-state index in [4.69, 9.17) is 14.2 Å². The standard InChI is InChI=1S/C19H26N4O5S/c1-12(2)27-18(24)13(3)28-19(25)14-10-21-16(17-20-4-9-29-17)22-15(14)11-23-5-7-26-8-6-23/h4,9,12-13H,5-8,10-11H2,1-3H3,(H,21,22)/t13-/m0/s1. The monoisotopic (exact) mass is 422 g/mol. The first-order valence-electron chi connectivity index (χ1n) is 9.59. The molecule has 1 aromatic rings. The summed E-state index contributed by atoms with van der Waals surface area (Å²) in [6, 6.07) is 0. The molecule has 1 N–H and O–H groups in total. The average molecular weight is 423 g/mol. The molecule has 0 saturated carbocycles. The van der Waals surface area contributed by atoms with Crippen LogP contribution in [0.1, 0.15) is 25.8 Å². The lowest BCUT2D eigenvalue weighted by Crippen LogP contribution is -2.43. The molecule has 0 unspecified atom stereocenters. The fourth-order valence-corrected chi connectivity index (χ4v) is 3.49. The number of rotatable bonds is 7. The molecule has 3 heterocycles. The maximum absolute atomic E-state index is 12.8. The Bertz CT molecular complexity index is 785. The second-order valence-corrected chi connectivity index (χ2v) is 7.90. The van der Waals surface area contributed by atoms with Gasteiger partial charge in [-0.2, -0.15) is 0 Å². The van der Waals surface area contributed by atoms with Crippen molar-refractivity contribution >= 4 is 29.1 Å². The molecule has 0 aromatic carbocycles. The highest BCUT2D eigenvalue weighted by Gasteiger charge is 2.28. The molecule has 1 atom stereocenters. The van der Waals surface area contributed by atoms with E-state index < -0.39 is 18.0 Å². The number of aliphatic imine (C=N–C) groups is 1. The Kier molecular flexibility index (Phi) is 7.34. The highest BCUT2D eigenvalue weighted by Crippen LogP contribution is 2.17. The van der Waals surface area contributed by atoms with Gasteiger partial charge in [0.2, 0.25) is 0 Å². The molecule has 158 valence electrons. The minimum absolute atomic E-state index is 0.159. The molecule has 2 aliphatic rings. The number of hydrogen-bond acceptors (Lipinski definition) is 10. The van der Waals surface area contributed by atoms with Crippen molar-refractivity contribution in [2.24, 2.45) is 4.99 Å². The summed E-state index contributed by atoms with van der Waals surface area (Å²) in [5.74, 6) is -0.512. The van der Waals surface area contributed by atoms with Gasteiger partial charge in [-0.15, -0.1) is 11.3 Å². The lowest BCUT2D eigenvalue weighted by atomic mass is 10.1. The van der Waals surface area contributed by atoms with Crippen LogP contribution < -0.4 is 5.32 Å². The quantitative estimate of drug-likeness (QED) is 0.649. The zero-order valence-corrected chi connectivity index (χ0v) is 17.7. The van der Waals surface area contributed by atoms with Gasteiger partial charge in [0.05, 0.1) is 31.4 Å². The summed E-state index contributed by atoms with van der Waals surface area (Å²) in [4.78, 5) is 35.7. The highest BCUT2D eigenvalue weighted by molar-refractivity contribution is 7.11. The molecule has 0 bridgehead atoms. The van der Waals surface area contributed by atoms with Crippen LogP contribution in [0.5, 0.6) is 0 Å². The number of morpholine rings is 1. The van der Waals surface area contributed by atoms with Crippen LogP contribution in [0.15, 0.2) is 27.8 Å². The Morgan fingerprint density at radius 2 is 2.03 bits per heavy atom. The maximum atomic E-state index is 12.8. The van der Waals surface area contributed by atoms with Crippen molar-refractivity contribution in [3.8, 4) is 0 Å². The van der Waals surface area contributed by atoms with Crippen LogP contribution >= 0.6 is 11.3 Å². The van der Waals surface area contributed by atoms with Gasteiger partial charge in [0.15, 0.2) is 16.9 Å². The van der Waals surface area contributed by atoms with Gasteiger partial charge < -0.3 is 19.5 Å². The first kappa shape index (κ1) is 21.4. The van der Waals surface area contributed by atoms with Crippen LogP contribution in [-0.2, 0) is 23.8 Å². The zero-order valence-electron chi connectivity index (χ0n) is 16.8. The van der Waals surface area contributed by atoms with E-state index in [1.807, 2.05) is 5.38 Å². The van der Waals surface area contributed by atoms with Gasteiger partial charge in [-0.3, -0.25) is 9.89 Å². The van der Waals surface area contributed by atoms with E-state index in [1.165, 1.54) is 18.3 Å². The molecule has 3 rings (SSSR count). The minimum Gasteiger partial charge on any atom is -0.460 e. The van der Waals surface area contributed by atoms with E-state index in [9.17, 15) is 9.59 Å². The third-order valence-corrected chi connectivity index (χ3v) is 5.14. The molecule has 29 heavy (non-hydrogen) atoms. The number of nitrogens with zero attached hydrogens (tertiary/aromatic N) is 3. The summed E-state index contributed by atoms with van der Waals surface area (Å²) in [6.07, 6.45) is 0.439. The molecule has 0 amide bonds. The number of aromatic nitrogens is 1. The maximum Gasteiger partial charge on any atom is 0.347 e. The molecule has 0 aliphatic carbocycles. The van der Waals surface area contributed by atoms with E-state index in [0.29, 0.717) is 36.9 Å². The van der Waals surface area contributed by atoms with Gasteiger partial charge in [0.1, 0.15) is 0 Å². The smallest absolute Gasteiger partial charge is 0.347 e. The SMILES string of the molecule is CC(C)OC(=O)[C@H](C)OC(=O)C1=C(CN2CCOCC2)NC(c2nccs2)=NC1. The van der Waals surface area contributed by atoms with Crippen molar-refractivity contribution < 1.29 is 23.8 Å². The largest absolute Gasteiger partial charge is 0.460 e. The van der Waals surface area contributed by atoms with Crippen LogP contribution in [0.3, 0.4) is 0 Å². The van der Waals surface area contributed by atoms with Crippen LogP contribution in [-0.4, -0.2) is 79.3 Å². The Balaban J connectivity index is 1.74. The Morgan fingerprint density at radius 3 is 2.69 bits per heavy atom. The molecule has 1 aromatic heterocycles. The molecule has 9 nitrogen and oxygen atoms in total. The van der Waals surface area contributed by atoms with Gasteiger partial charge >= 0.3 is 11.9 Å². The fourth-order valence-electron chi connectivity index (χ4n) is 2.89. The van der Waals surface area contributed by atoms with Crippen molar-refractivity contribution in [1.29, 1.82) is 0 Å². The summed E-state index contributed by atoms with van der Waals surface area (Å²) in [5.41, 5.74) is 1.11. The average Bonchev–Trinajstić information content (AvgIpc) is 3.23. The number of nitrogens with one attached hydrogen (secondary N) is 1. The van der Waals surface area contributed by atoms with Gasteiger partial charge in [0, 0.05) is 36.9 Å². The number of amidine groups is 1. The summed E-state index contributed by atoms with van der Waals surface area (Å²) >= 11 is 1.47. The van der Waals surface area contributed by atoms with Gasteiger partial charge in [-0.1, -0.05) is 0 Å². The molecule has 0 radical (unpaired) electrons. The molecule has 2 aliphatic heterocycles. The Labute approximate surface area is 173 Å². The summed E-state index contributed by atoms with van der Waals surface area (Å²) in [6.45, 7) is 8.53. The number of carbonyl (C=O) groups excluding carboxylic acids is 2. The van der Waals surface area contributed by atoms with Gasteiger partial charge in [-0.05, 0) is 20.8 Å². The normalized spacial score (nSPS) is 18.8. The van der Waals surface area contributed by atoms with E-state index in [-0.39, 0.29) is 12.6 Å². The zero-order chi connectivity index (χ0) is 20.8. The summed E-state index contributed by atoms with van der Waals surface area (Å²) in [7, 11) is 0. The van der Waals surface area contributed by atoms with Crippen LogP contribution in [0.4, 0.5) is 0 Å². The van der Waals surface area contributed by atoms with E-state index in [1.54, 1.807) is 20.0 Å². The lowest BCUT2D eigenvalue weighted by molar-refractivity contribution is -0.167. The molecule has 1 saturated heterocycles. The summed E-state index contributed by atoms with van der Waals surface area (Å²) < 4.78 is 15.9. The van der Waals surface area contributed by atoms with Crippen LogP contribution in [0, 0.1) is 0 Å². The minimum atomic E-state index is -0.994. The number of thiazole rings is 1. The Morgan fingerprint density at radius 1 is 1.28 bits per heavy atom. The van der Waals surface area contributed by atoms with Crippen molar-refractivity contribution in [3.05, 3.63) is 27.9 Å². The summed E-state index contributed by atoms with van der Waals surface area (Å²) in [5, 5.41) is 5.87. The number of ether oxygens (including phenoxy) is 3. The predicted octanol–water partition coefficient (Wildman–Crippen LogP) is 0.963. The van der Waals surface area contributed by atoms with Gasteiger partial charge in [0.25, 0.3) is 0 Å². The number of esters is 2. The van der Waals surface area contributed by atoms with Crippen molar-refractivity contribution in [3.63, 3.8) is 0 Å². The van der Waals surface area contributed by atoms with Crippen molar-refractivity contribution in [2.75, 3.05) is 39.4 Å². The van der Waals surface area contributed by atoms with Crippen LogP contribution in [0.2, 0.25) is 0 Å². The first-order chi connectivity index (χ1) is 13.9. The number of hydrogen-bond donors (Lipinski definition) is 1. The third kappa shape index (κ3) is 5.84. The molecular weight excluding hydrogens is 396 g/mol. The van der Waals surface area contributed by atoms with E-state index >= 15 is 0 Å². The molecule has 0 spiro atoms. The molecule has 1 fully saturated rings. The first-order valence-corrected chi connectivity index (χ1v) is 10.5. The number of carbonyl (C=O) groups is 2. The second kappa shape index (κ2) is 9.95. The van der Waals surface area contributed by atoms with Crippen molar-refractivity contribution in [1.82, 2.24) is 15.2 Å². The predicted molar refractivity (Wildman–Crippen MR) is 108 cm³/mol. The van der Waals surface area contributed by atoms with E-state index in [2.05, 4.69) is 20.2 Å². The molecule has 10 heteroatoms. The second-order valence-electron chi connectivity index (χ2n) is 7.01. The highest BCUT2D eigenvalue weighted by atomic mass is 32.1. The van der Waals surface area contributed by atoms with Gasteiger partial charge in [-0.25, -0.2) is 14.6 Å². The molecular formula is C19H26N4O5S. The van der Waals surface area contributed by atoms with Crippen molar-refractivity contribution in [2.45, 2.75) is 33.0 Å².